The first-order valence-electron chi connectivity index (χ1n) is 7.97. The summed E-state index contributed by atoms with van der Waals surface area (Å²) in [6.07, 6.45) is 8.98. The summed E-state index contributed by atoms with van der Waals surface area (Å²) < 4.78 is 6.94. The van der Waals surface area contributed by atoms with Crippen LogP contribution in [0, 0.1) is 0 Å². The third-order valence-electron chi connectivity index (χ3n) is 3.92. The highest BCUT2D eigenvalue weighted by Gasteiger charge is 2.19. The van der Waals surface area contributed by atoms with Gasteiger partial charge in [0, 0.05) is 16.1 Å². The lowest BCUT2D eigenvalue weighted by Crippen LogP contribution is -2.22. The summed E-state index contributed by atoms with van der Waals surface area (Å²) in [6, 6.07) is 6.85. The molecule has 112 valence electrons. The monoisotopic (exact) mass is 339 g/mol. The van der Waals surface area contributed by atoms with Crippen LogP contribution in [0.2, 0.25) is 0 Å². The van der Waals surface area contributed by atoms with E-state index in [4.69, 9.17) is 4.74 Å². The first-order valence-corrected chi connectivity index (χ1v) is 8.76. The molecule has 0 aliphatic carbocycles. The number of ether oxygens (including phenoxy) is 1. The van der Waals surface area contributed by atoms with E-state index in [9.17, 15) is 0 Å². The largest absolute Gasteiger partial charge is 0.493 e. The van der Waals surface area contributed by atoms with E-state index >= 15 is 0 Å². The number of nitrogens with one attached hydrogen (secondary N) is 1. The molecule has 0 saturated heterocycles. The quantitative estimate of drug-likeness (QED) is 0.687. The Morgan fingerprint density at radius 3 is 2.95 bits per heavy atom. The molecule has 1 N–H and O–H groups in total. The van der Waals surface area contributed by atoms with Gasteiger partial charge in [-0.1, -0.05) is 54.6 Å². The predicted octanol–water partition coefficient (Wildman–Crippen LogP) is 5.22. The maximum atomic E-state index is 5.85. The van der Waals surface area contributed by atoms with Crippen LogP contribution in [0.3, 0.4) is 0 Å². The summed E-state index contributed by atoms with van der Waals surface area (Å²) in [7, 11) is 0. The van der Waals surface area contributed by atoms with Crippen LogP contribution in [0.25, 0.3) is 0 Å². The zero-order chi connectivity index (χ0) is 14.2. The Morgan fingerprint density at radius 1 is 1.25 bits per heavy atom. The van der Waals surface area contributed by atoms with Crippen molar-refractivity contribution in [2.75, 3.05) is 13.2 Å². The van der Waals surface area contributed by atoms with Crippen LogP contribution in [0.1, 0.15) is 63.5 Å². The number of fused-ring (bicyclic) bond motifs is 1. The van der Waals surface area contributed by atoms with Gasteiger partial charge in [-0.05, 0) is 37.9 Å². The fraction of sp³-hybridized carbons (Fsp3) is 0.647. The van der Waals surface area contributed by atoms with E-state index < -0.39 is 0 Å². The molecule has 1 atom stereocenters. The number of unbranched alkanes of at least 4 members (excludes halogenated alkanes) is 4. The Labute approximate surface area is 131 Å². The molecule has 1 aromatic rings. The molecule has 0 saturated carbocycles. The topological polar surface area (TPSA) is 21.3 Å². The highest BCUT2D eigenvalue weighted by atomic mass is 79.9. The average molecular weight is 340 g/mol. The molecule has 1 aliphatic rings. The Balaban J connectivity index is 1.85. The van der Waals surface area contributed by atoms with Crippen molar-refractivity contribution < 1.29 is 4.74 Å². The van der Waals surface area contributed by atoms with Crippen LogP contribution in [0.4, 0.5) is 0 Å². The van der Waals surface area contributed by atoms with E-state index in [2.05, 4.69) is 46.4 Å². The fourth-order valence-electron chi connectivity index (χ4n) is 2.76. The van der Waals surface area contributed by atoms with Crippen molar-refractivity contribution in [3.8, 4) is 5.75 Å². The summed E-state index contributed by atoms with van der Waals surface area (Å²) in [5.41, 5.74) is 1.32. The average Bonchev–Trinajstić information content (AvgIpc) is 2.64. The van der Waals surface area contributed by atoms with Gasteiger partial charge in [-0.2, -0.15) is 0 Å². The SMILES string of the molecule is CCCCCCCNC1CCCOc2cc(Br)ccc21. The molecule has 0 amide bonds. The van der Waals surface area contributed by atoms with Crippen molar-refractivity contribution >= 4 is 15.9 Å². The second-order valence-corrected chi connectivity index (χ2v) is 6.51. The first kappa shape index (κ1) is 15.8. The van der Waals surface area contributed by atoms with Gasteiger partial charge in [-0.25, -0.2) is 0 Å². The fourth-order valence-corrected chi connectivity index (χ4v) is 3.10. The van der Waals surface area contributed by atoms with Gasteiger partial charge in [0.2, 0.25) is 0 Å². The zero-order valence-corrected chi connectivity index (χ0v) is 14.0. The molecule has 1 heterocycles. The van der Waals surface area contributed by atoms with E-state index in [1.165, 1.54) is 44.1 Å². The Kier molecular flexibility index (Phi) is 6.88. The highest BCUT2D eigenvalue weighted by molar-refractivity contribution is 9.10. The van der Waals surface area contributed by atoms with Crippen LogP contribution in [-0.2, 0) is 0 Å². The molecule has 3 heteroatoms. The van der Waals surface area contributed by atoms with E-state index in [1.807, 2.05) is 0 Å². The Hall–Kier alpha value is -0.540. The normalized spacial score (nSPS) is 18.2. The Bertz CT molecular complexity index is 408. The maximum Gasteiger partial charge on any atom is 0.125 e. The molecule has 20 heavy (non-hydrogen) atoms. The van der Waals surface area contributed by atoms with Crippen LogP contribution < -0.4 is 10.1 Å². The van der Waals surface area contributed by atoms with Crippen molar-refractivity contribution in [3.63, 3.8) is 0 Å². The minimum absolute atomic E-state index is 0.451. The smallest absolute Gasteiger partial charge is 0.125 e. The van der Waals surface area contributed by atoms with Crippen LogP contribution in [0.15, 0.2) is 22.7 Å². The second-order valence-electron chi connectivity index (χ2n) is 5.59. The summed E-state index contributed by atoms with van der Waals surface area (Å²) in [6.45, 7) is 4.21. The lowest BCUT2D eigenvalue weighted by molar-refractivity contribution is 0.315. The number of hydrogen-bond donors (Lipinski definition) is 1. The molecule has 1 aromatic carbocycles. The summed E-state index contributed by atoms with van der Waals surface area (Å²) in [5, 5.41) is 3.72. The molecule has 0 spiro atoms. The van der Waals surface area contributed by atoms with Crippen LogP contribution >= 0.6 is 15.9 Å². The molecule has 1 unspecified atom stereocenters. The van der Waals surface area contributed by atoms with Crippen LogP contribution in [-0.4, -0.2) is 13.2 Å². The highest BCUT2D eigenvalue weighted by Crippen LogP contribution is 2.33. The second kappa shape index (κ2) is 8.68. The predicted molar refractivity (Wildman–Crippen MR) is 88.4 cm³/mol. The van der Waals surface area contributed by atoms with Gasteiger partial charge in [-0.15, -0.1) is 0 Å². The summed E-state index contributed by atoms with van der Waals surface area (Å²) in [5.74, 6) is 1.04. The van der Waals surface area contributed by atoms with E-state index in [1.54, 1.807) is 0 Å². The van der Waals surface area contributed by atoms with Crippen molar-refractivity contribution in [1.82, 2.24) is 5.32 Å². The Morgan fingerprint density at radius 2 is 2.10 bits per heavy atom. The lowest BCUT2D eigenvalue weighted by Gasteiger charge is -2.18. The summed E-state index contributed by atoms with van der Waals surface area (Å²) >= 11 is 3.52. The van der Waals surface area contributed by atoms with E-state index in [0.29, 0.717) is 6.04 Å². The molecule has 2 nitrogen and oxygen atoms in total. The zero-order valence-electron chi connectivity index (χ0n) is 12.5. The molecule has 2 rings (SSSR count). The summed E-state index contributed by atoms with van der Waals surface area (Å²) in [4.78, 5) is 0. The number of halogens is 1. The third-order valence-corrected chi connectivity index (χ3v) is 4.41. The minimum atomic E-state index is 0.451. The third kappa shape index (κ3) is 4.78. The number of rotatable bonds is 7. The number of hydrogen-bond acceptors (Lipinski definition) is 2. The standard InChI is InChI=1S/C17H26BrNO/c1-2-3-4-5-6-11-19-16-8-7-12-20-17-13-14(18)9-10-15(16)17/h9-10,13,16,19H,2-8,11-12H2,1H3. The van der Waals surface area contributed by atoms with Crippen molar-refractivity contribution in [2.24, 2.45) is 0 Å². The van der Waals surface area contributed by atoms with Gasteiger partial charge in [-0.3, -0.25) is 0 Å². The van der Waals surface area contributed by atoms with Crippen molar-refractivity contribution in [2.45, 2.75) is 57.9 Å². The van der Waals surface area contributed by atoms with Crippen molar-refractivity contribution in [1.29, 1.82) is 0 Å². The molecular weight excluding hydrogens is 314 g/mol. The molecule has 0 bridgehead atoms. The number of benzene rings is 1. The van der Waals surface area contributed by atoms with E-state index in [0.717, 1.165) is 29.8 Å². The van der Waals surface area contributed by atoms with Crippen molar-refractivity contribution in [3.05, 3.63) is 28.2 Å². The van der Waals surface area contributed by atoms with Gasteiger partial charge in [0.1, 0.15) is 5.75 Å². The van der Waals surface area contributed by atoms with Gasteiger partial charge in [0.05, 0.1) is 6.61 Å². The molecule has 0 aromatic heterocycles. The lowest BCUT2D eigenvalue weighted by atomic mass is 10.0. The van der Waals surface area contributed by atoms with Gasteiger partial charge < -0.3 is 10.1 Å². The van der Waals surface area contributed by atoms with E-state index in [-0.39, 0.29) is 0 Å². The van der Waals surface area contributed by atoms with Gasteiger partial charge >= 0.3 is 0 Å². The minimum Gasteiger partial charge on any atom is -0.493 e. The first-order chi connectivity index (χ1) is 9.81. The van der Waals surface area contributed by atoms with Crippen LogP contribution in [0.5, 0.6) is 5.75 Å². The molecule has 0 radical (unpaired) electrons. The van der Waals surface area contributed by atoms with Gasteiger partial charge in [0.15, 0.2) is 0 Å². The molecular formula is C17H26BrNO. The molecule has 1 aliphatic heterocycles. The maximum absolute atomic E-state index is 5.85. The molecule has 0 fully saturated rings. The van der Waals surface area contributed by atoms with Gasteiger partial charge in [0.25, 0.3) is 0 Å².